The summed E-state index contributed by atoms with van der Waals surface area (Å²) >= 11 is 0. The lowest BCUT2D eigenvalue weighted by Crippen LogP contribution is -2.30. The quantitative estimate of drug-likeness (QED) is 0.596. The molecule has 2 rings (SSSR count). The lowest BCUT2D eigenvalue weighted by molar-refractivity contribution is -0.112. The molecular formula is C19H31N3O3. The fourth-order valence-electron chi connectivity index (χ4n) is 3.15. The van der Waals surface area contributed by atoms with Crippen LogP contribution < -0.4 is 15.8 Å². The van der Waals surface area contributed by atoms with Crippen LogP contribution in [0.15, 0.2) is 18.2 Å². The van der Waals surface area contributed by atoms with Gasteiger partial charge in [-0.2, -0.15) is 5.06 Å². The van der Waals surface area contributed by atoms with Gasteiger partial charge in [-0.15, -0.1) is 0 Å². The van der Waals surface area contributed by atoms with E-state index >= 15 is 0 Å². The van der Waals surface area contributed by atoms with Gasteiger partial charge in [0.2, 0.25) is 0 Å². The molecule has 0 saturated carbocycles. The molecule has 1 saturated heterocycles. The molecule has 4 N–H and O–H groups in total. The van der Waals surface area contributed by atoms with E-state index in [4.69, 9.17) is 10.5 Å². The summed E-state index contributed by atoms with van der Waals surface area (Å²) in [6.07, 6.45) is 5.04. The van der Waals surface area contributed by atoms with Crippen LogP contribution in [0.5, 0.6) is 5.75 Å². The van der Waals surface area contributed by atoms with Crippen molar-refractivity contribution in [2.75, 3.05) is 32.8 Å². The van der Waals surface area contributed by atoms with Gasteiger partial charge in [0.05, 0.1) is 6.61 Å². The third kappa shape index (κ3) is 6.65. The Bertz CT molecular complexity index is 543. The summed E-state index contributed by atoms with van der Waals surface area (Å²) in [5.41, 5.74) is 7.03. The minimum Gasteiger partial charge on any atom is -0.494 e. The number of carbonyl (C=O) groups is 1. The Morgan fingerprint density at radius 3 is 2.80 bits per heavy atom. The van der Waals surface area contributed by atoms with Crippen LogP contribution in [0.1, 0.15) is 48.0 Å². The molecule has 25 heavy (non-hydrogen) atoms. The minimum atomic E-state index is -0.0623. The summed E-state index contributed by atoms with van der Waals surface area (Å²) in [7, 11) is 0. The molecule has 0 aliphatic carbocycles. The molecule has 0 bridgehead atoms. The fraction of sp³-hybridized carbons (Fsp3) is 0.632. The molecule has 1 aliphatic rings. The van der Waals surface area contributed by atoms with Crippen molar-refractivity contribution in [3.05, 3.63) is 29.3 Å². The van der Waals surface area contributed by atoms with Crippen molar-refractivity contribution in [2.45, 2.75) is 39.0 Å². The molecule has 1 amide bonds. The summed E-state index contributed by atoms with van der Waals surface area (Å²) in [5.74, 6) is 1.43. The number of nitrogens with two attached hydrogens (primary N) is 1. The molecule has 0 radical (unpaired) electrons. The van der Waals surface area contributed by atoms with Crippen molar-refractivity contribution >= 4 is 5.91 Å². The van der Waals surface area contributed by atoms with E-state index in [1.165, 1.54) is 5.06 Å². The van der Waals surface area contributed by atoms with Gasteiger partial charge in [0.25, 0.3) is 5.91 Å². The van der Waals surface area contributed by atoms with Gasteiger partial charge >= 0.3 is 0 Å². The monoisotopic (exact) mass is 349 g/mol. The zero-order valence-corrected chi connectivity index (χ0v) is 15.2. The standard InChI is InChI=1S/C19H31N3O3/c1-15-14-17(5-6-18(15)19(23)21-10-3-9-20)25-13-2-4-16-7-11-22(24)12-8-16/h5-6,14,16,24H,2-4,7-13,20H2,1H3,(H,21,23). The first kappa shape index (κ1) is 19.7. The van der Waals surface area contributed by atoms with Crippen LogP contribution in [0.4, 0.5) is 0 Å². The molecule has 0 unspecified atom stereocenters. The van der Waals surface area contributed by atoms with E-state index in [1.54, 1.807) is 0 Å². The Balaban J connectivity index is 1.72. The summed E-state index contributed by atoms with van der Waals surface area (Å²) in [4.78, 5) is 12.1. The van der Waals surface area contributed by atoms with Gasteiger partial charge in [0.15, 0.2) is 0 Å². The third-order valence-corrected chi connectivity index (χ3v) is 4.73. The highest BCUT2D eigenvalue weighted by atomic mass is 16.5. The van der Waals surface area contributed by atoms with Gasteiger partial charge in [-0.3, -0.25) is 4.79 Å². The van der Waals surface area contributed by atoms with E-state index in [1.807, 2.05) is 25.1 Å². The zero-order chi connectivity index (χ0) is 18.1. The van der Waals surface area contributed by atoms with Gasteiger partial charge in [0.1, 0.15) is 5.75 Å². The predicted molar refractivity (Wildman–Crippen MR) is 98.0 cm³/mol. The second-order valence-electron chi connectivity index (χ2n) is 6.76. The average molecular weight is 349 g/mol. The summed E-state index contributed by atoms with van der Waals surface area (Å²) < 4.78 is 5.82. The fourth-order valence-corrected chi connectivity index (χ4v) is 3.15. The Hall–Kier alpha value is -1.63. The van der Waals surface area contributed by atoms with Crippen LogP contribution in [0.25, 0.3) is 0 Å². The lowest BCUT2D eigenvalue weighted by Gasteiger charge is -2.27. The number of hydroxylamine groups is 2. The number of hydrogen-bond acceptors (Lipinski definition) is 5. The maximum absolute atomic E-state index is 12.1. The molecule has 0 aromatic heterocycles. The number of benzene rings is 1. The topological polar surface area (TPSA) is 87.8 Å². The van der Waals surface area contributed by atoms with Crippen molar-refractivity contribution in [1.82, 2.24) is 10.4 Å². The number of carbonyl (C=O) groups excluding carboxylic acids is 1. The summed E-state index contributed by atoms with van der Waals surface area (Å²) in [6, 6.07) is 5.59. The first-order chi connectivity index (χ1) is 12.1. The summed E-state index contributed by atoms with van der Waals surface area (Å²) in [6.45, 7) is 5.33. The van der Waals surface area contributed by atoms with Gasteiger partial charge in [-0.05, 0) is 75.3 Å². The van der Waals surface area contributed by atoms with Crippen molar-refractivity contribution in [2.24, 2.45) is 11.7 Å². The molecule has 6 heteroatoms. The first-order valence-corrected chi connectivity index (χ1v) is 9.25. The molecular weight excluding hydrogens is 318 g/mol. The molecule has 1 aromatic rings. The number of amides is 1. The van der Waals surface area contributed by atoms with Gasteiger partial charge in [-0.1, -0.05) is 0 Å². The average Bonchev–Trinajstić information content (AvgIpc) is 2.60. The van der Waals surface area contributed by atoms with E-state index in [9.17, 15) is 10.0 Å². The number of nitrogens with zero attached hydrogens (tertiary/aromatic N) is 1. The van der Waals surface area contributed by atoms with E-state index in [-0.39, 0.29) is 5.91 Å². The molecule has 1 fully saturated rings. The molecule has 6 nitrogen and oxygen atoms in total. The molecule has 0 spiro atoms. The van der Waals surface area contributed by atoms with Gasteiger partial charge in [-0.25, -0.2) is 0 Å². The maximum Gasteiger partial charge on any atom is 0.251 e. The first-order valence-electron chi connectivity index (χ1n) is 9.25. The number of piperidine rings is 1. The van der Waals surface area contributed by atoms with Crippen molar-refractivity contribution < 1.29 is 14.7 Å². The second-order valence-corrected chi connectivity index (χ2v) is 6.76. The minimum absolute atomic E-state index is 0.0623. The van der Waals surface area contributed by atoms with E-state index < -0.39 is 0 Å². The number of ether oxygens (including phenoxy) is 1. The highest BCUT2D eigenvalue weighted by molar-refractivity contribution is 5.95. The Labute approximate surface area is 150 Å². The van der Waals surface area contributed by atoms with Crippen LogP contribution in [0, 0.1) is 12.8 Å². The smallest absolute Gasteiger partial charge is 0.251 e. The highest BCUT2D eigenvalue weighted by Crippen LogP contribution is 2.22. The second kappa shape index (κ2) is 10.4. The number of hydrogen-bond donors (Lipinski definition) is 3. The molecule has 140 valence electrons. The van der Waals surface area contributed by atoms with Crippen LogP contribution in [0.2, 0.25) is 0 Å². The van der Waals surface area contributed by atoms with Crippen LogP contribution in [0.3, 0.4) is 0 Å². The van der Waals surface area contributed by atoms with E-state index in [0.717, 1.165) is 56.5 Å². The molecule has 1 aliphatic heterocycles. The van der Waals surface area contributed by atoms with Crippen LogP contribution >= 0.6 is 0 Å². The highest BCUT2D eigenvalue weighted by Gasteiger charge is 2.17. The number of rotatable bonds is 9. The number of nitrogens with one attached hydrogen (secondary N) is 1. The van der Waals surface area contributed by atoms with E-state index in [2.05, 4.69) is 5.32 Å². The molecule has 1 aromatic carbocycles. The van der Waals surface area contributed by atoms with E-state index in [0.29, 0.717) is 31.2 Å². The van der Waals surface area contributed by atoms with Crippen molar-refractivity contribution in [3.8, 4) is 5.75 Å². The number of aryl methyl sites for hydroxylation is 1. The normalized spacial score (nSPS) is 16.0. The van der Waals surface area contributed by atoms with Crippen LogP contribution in [-0.2, 0) is 0 Å². The van der Waals surface area contributed by atoms with Gasteiger partial charge < -0.3 is 21.0 Å². The van der Waals surface area contributed by atoms with Crippen LogP contribution in [-0.4, -0.2) is 49.0 Å². The SMILES string of the molecule is Cc1cc(OCCCC2CCN(O)CC2)ccc1C(=O)NCCCN. The third-order valence-electron chi connectivity index (χ3n) is 4.73. The maximum atomic E-state index is 12.1. The summed E-state index contributed by atoms with van der Waals surface area (Å²) in [5, 5.41) is 13.6. The van der Waals surface area contributed by atoms with Gasteiger partial charge in [0, 0.05) is 25.2 Å². The van der Waals surface area contributed by atoms with Crippen molar-refractivity contribution in [3.63, 3.8) is 0 Å². The predicted octanol–water partition coefficient (Wildman–Crippen LogP) is 2.33. The van der Waals surface area contributed by atoms with Crippen molar-refractivity contribution in [1.29, 1.82) is 0 Å². The Kier molecular flexibility index (Phi) is 8.18. The Morgan fingerprint density at radius 2 is 2.12 bits per heavy atom. The lowest BCUT2D eigenvalue weighted by atomic mass is 9.93. The molecule has 0 atom stereocenters. The Morgan fingerprint density at radius 1 is 1.36 bits per heavy atom. The molecule has 1 heterocycles. The zero-order valence-electron chi connectivity index (χ0n) is 15.2. The largest absolute Gasteiger partial charge is 0.494 e.